The van der Waals surface area contributed by atoms with Crippen LogP contribution in [0.15, 0.2) is 0 Å². The molecule has 0 saturated carbocycles. The molecular weight excluding hydrogens is 260 g/mol. The first-order valence-corrected chi connectivity index (χ1v) is 7.26. The Kier molecular flexibility index (Phi) is 4.34. The number of nitrogens with zero attached hydrogens (tertiary/aromatic N) is 1. The van der Waals surface area contributed by atoms with Crippen molar-refractivity contribution in [2.45, 2.75) is 69.7 Å². The van der Waals surface area contributed by atoms with Crippen LogP contribution in [0, 0.1) is 0 Å². The van der Waals surface area contributed by atoms with Crippen LogP contribution >= 0.6 is 0 Å². The molecule has 0 radical (unpaired) electrons. The fourth-order valence-corrected chi connectivity index (χ4v) is 3.25. The van der Waals surface area contributed by atoms with Gasteiger partial charge in [-0.05, 0) is 39.5 Å². The second-order valence-corrected chi connectivity index (χ2v) is 6.40. The Morgan fingerprint density at radius 1 is 1.50 bits per heavy atom. The van der Waals surface area contributed by atoms with Gasteiger partial charge in [0.05, 0.1) is 23.8 Å². The third-order valence-corrected chi connectivity index (χ3v) is 4.16. The molecule has 20 heavy (non-hydrogen) atoms. The SMILES string of the molecule is CC1(C)C[C@H]2[C@H](CCCN2C(=O)[C@@H](N)CCC(=O)O)O1. The van der Waals surface area contributed by atoms with E-state index in [0.717, 1.165) is 19.3 Å². The molecule has 2 fully saturated rings. The monoisotopic (exact) mass is 284 g/mol. The summed E-state index contributed by atoms with van der Waals surface area (Å²) < 4.78 is 5.98. The van der Waals surface area contributed by atoms with Gasteiger partial charge >= 0.3 is 5.97 Å². The van der Waals surface area contributed by atoms with Crippen molar-refractivity contribution in [1.82, 2.24) is 4.90 Å². The van der Waals surface area contributed by atoms with Crippen LogP contribution in [-0.2, 0) is 14.3 Å². The molecule has 0 bridgehead atoms. The molecule has 3 N–H and O–H groups in total. The van der Waals surface area contributed by atoms with E-state index in [2.05, 4.69) is 0 Å². The number of carbonyl (C=O) groups excluding carboxylic acids is 1. The van der Waals surface area contributed by atoms with Crippen molar-refractivity contribution >= 4 is 11.9 Å². The molecule has 3 atom stereocenters. The molecule has 6 nitrogen and oxygen atoms in total. The molecule has 0 aliphatic carbocycles. The Hall–Kier alpha value is -1.14. The van der Waals surface area contributed by atoms with Crippen LogP contribution in [0.2, 0.25) is 0 Å². The topological polar surface area (TPSA) is 92.9 Å². The Morgan fingerprint density at radius 3 is 2.85 bits per heavy atom. The number of nitrogens with two attached hydrogens (primary N) is 1. The van der Waals surface area contributed by atoms with Crippen LogP contribution in [0.1, 0.15) is 46.0 Å². The maximum absolute atomic E-state index is 12.4. The number of carboxylic acid groups (broad SMARTS) is 1. The molecule has 2 heterocycles. The van der Waals surface area contributed by atoms with Crippen molar-refractivity contribution in [3.63, 3.8) is 0 Å². The van der Waals surface area contributed by atoms with Crippen LogP contribution in [0.25, 0.3) is 0 Å². The van der Waals surface area contributed by atoms with Crippen molar-refractivity contribution in [1.29, 1.82) is 0 Å². The first kappa shape index (κ1) is 15.3. The summed E-state index contributed by atoms with van der Waals surface area (Å²) in [5, 5.41) is 8.67. The van der Waals surface area contributed by atoms with Crippen molar-refractivity contribution in [2.24, 2.45) is 5.73 Å². The molecule has 2 aliphatic heterocycles. The minimum atomic E-state index is -0.921. The van der Waals surface area contributed by atoms with E-state index in [9.17, 15) is 9.59 Å². The van der Waals surface area contributed by atoms with E-state index in [1.54, 1.807) is 0 Å². The van der Waals surface area contributed by atoms with Gasteiger partial charge < -0.3 is 20.5 Å². The number of amides is 1. The highest BCUT2D eigenvalue weighted by molar-refractivity contribution is 5.82. The summed E-state index contributed by atoms with van der Waals surface area (Å²) in [4.78, 5) is 24.8. The Balaban J connectivity index is 2.00. The zero-order valence-electron chi connectivity index (χ0n) is 12.2. The van der Waals surface area contributed by atoms with Gasteiger partial charge in [-0.1, -0.05) is 0 Å². The van der Waals surface area contributed by atoms with Crippen molar-refractivity contribution in [3.8, 4) is 0 Å². The van der Waals surface area contributed by atoms with Gasteiger partial charge in [-0.25, -0.2) is 0 Å². The predicted molar refractivity (Wildman–Crippen MR) is 73.1 cm³/mol. The summed E-state index contributed by atoms with van der Waals surface area (Å²) >= 11 is 0. The van der Waals surface area contributed by atoms with E-state index in [-0.39, 0.29) is 36.5 Å². The van der Waals surface area contributed by atoms with Gasteiger partial charge in [0, 0.05) is 13.0 Å². The number of aliphatic carboxylic acids is 1. The molecule has 0 aromatic rings. The van der Waals surface area contributed by atoms with Gasteiger partial charge in [-0.15, -0.1) is 0 Å². The molecule has 0 unspecified atom stereocenters. The van der Waals surface area contributed by atoms with Gasteiger partial charge in [-0.3, -0.25) is 9.59 Å². The number of piperidine rings is 1. The third kappa shape index (κ3) is 3.30. The summed E-state index contributed by atoms with van der Waals surface area (Å²) in [5.41, 5.74) is 5.65. The van der Waals surface area contributed by atoms with E-state index in [0.29, 0.717) is 6.54 Å². The van der Waals surface area contributed by atoms with Gasteiger partial charge in [0.25, 0.3) is 0 Å². The predicted octanol–water partition coefficient (Wildman–Crippen LogP) is 0.737. The zero-order chi connectivity index (χ0) is 14.9. The van der Waals surface area contributed by atoms with E-state index < -0.39 is 12.0 Å². The molecule has 2 saturated heterocycles. The van der Waals surface area contributed by atoms with Crippen LogP contribution in [0.4, 0.5) is 0 Å². The number of hydrogen-bond acceptors (Lipinski definition) is 4. The summed E-state index contributed by atoms with van der Waals surface area (Å²) in [6.45, 7) is 4.77. The lowest BCUT2D eigenvalue weighted by atomic mass is 9.93. The molecule has 6 heteroatoms. The van der Waals surface area contributed by atoms with Gasteiger partial charge in [0.1, 0.15) is 0 Å². The molecule has 2 rings (SSSR count). The molecule has 0 aromatic carbocycles. The first-order valence-electron chi connectivity index (χ1n) is 7.26. The van der Waals surface area contributed by atoms with Gasteiger partial charge in [-0.2, -0.15) is 0 Å². The minimum Gasteiger partial charge on any atom is -0.481 e. The standard InChI is InChI=1S/C14H24N2O4/c1-14(2)8-10-11(20-14)4-3-7-16(10)13(19)9(15)5-6-12(17)18/h9-11H,3-8,15H2,1-2H3,(H,17,18)/t9-,10-,11-/m0/s1. The van der Waals surface area contributed by atoms with Gasteiger partial charge in [0.2, 0.25) is 5.91 Å². The van der Waals surface area contributed by atoms with Crippen LogP contribution in [-0.4, -0.2) is 52.2 Å². The second-order valence-electron chi connectivity index (χ2n) is 6.40. The fraction of sp³-hybridized carbons (Fsp3) is 0.857. The summed E-state index contributed by atoms with van der Waals surface area (Å²) in [5.74, 6) is -1.06. The summed E-state index contributed by atoms with van der Waals surface area (Å²) in [7, 11) is 0. The Morgan fingerprint density at radius 2 is 2.20 bits per heavy atom. The maximum Gasteiger partial charge on any atom is 0.303 e. The molecule has 1 amide bonds. The maximum atomic E-state index is 12.4. The lowest BCUT2D eigenvalue weighted by Gasteiger charge is -2.37. The number of carbonyl (C=O) groups is 2. The number of rotatable bonds is 4. The summed E-state index contributed by atoms with van der Waals surface area (Å²) in [6, 6.07) is -0.643. The lowest BCUT2D eigenvalue weighted by Crippen LogP contribution is -2.54. The number of ether oxygens (including phenoxy) is 1. The minimum absolute atomic E-state index is 0.0726. The first-order chi connectivity index (χ1) is 9.30. The highest BCUT2D eigenvalue weighted by Gasteiger charge is 2.46. The smallest absolute Gasteiger partial charge is 0.303 e. The molecule has 114 valence electrons. The van der Waals surface area contributed by atoms with Gasteiger partial charge in [0.15, 0.2) is 0 Å². The average Bonchev–Trinajstić information content (AvgIpc) is 2.68. The number of fused-ring (bicyclic) bond motifs is 1. The molecule has 2 aliphatic rings. The Bertz CT molecular complexity index is 397. The van der Waals surface area contributed by atoms with Crippen LogP contribution < -0.4 is 5.73 Å². The highest BCUT2D eigenvalue weighted by Crippen LogP contribution is 2.38. The number of carboxylic acids is 1. The normalized spacial score (nSPS) is 29.9. The number of hydrogen-bond donors (Lipinski definition) is 2. The van der Waals surface area contributed by atoms with E-state index in [1.165, 1.54) is 0 Å². The van der Waals surface area contributed by atoms with Crippen molar-refractivity contribution in [3.05, 3.63) is 0 Å². The van der Waals surface area contributed by atoms with E-state index >= 15 is 0 Å². The number of likely N-dealkylation sites (tertiary alicyclic amines) is 1. The highest BCUT2D eigenvalue weighted by atomic mass is 16.5. The van der Waals surface area contributed by atoms with Crippen molar-refractivity contribution in [2.75, 3.05) is 6.54 Å². The zero-order valence-corrected chi connectivity index (χ0v) is 12.2. The quantitative estimate of drug-likeness (QED) is 0.794. The lowest BCUT2D eigenvalue weighted by molar-refractivity contribution is -0.140. The second kappa shape index (κ2) is 5.69. The largest absolute Gasteiger partial charge is 0.481 e. The van der Waals surface area contributed by atoms with Crippen LogP contribution in [0.3, 0.4) is 0 Å². The molecule has 0 spiro atoms. The van der Waals surface area contributed by atoms with Crippen LogP contribution in [0.5, 0.6) is 0 Å². The van der Waals surface area contributed by atoms with Crippen molar-refractivity contribution < 1.29 is 19.4 Å². The van der Waals surface area contributed by atoms with E-state index in [1.807, 2.05) is 18.7 Å². The third-order valence-electron chi connectivity index (χ3n) is 4.16. The van der Waals surface area contributed by atoms with E-state index in [4.69, 9.17) is 15.6 Å². The summed E-state index contributed by atoms with van der Waals surface area (Å²) in [6.07, 6.45) is 2.91. The fourth-order valence-electron chi connectivity index (χ4n) is 3.25. The average molecular weight is 284 g/mol. The molecular formula is C14H24N2O4. The molecule has 0 aromatic heterocycles. The Labute approximate surface area is 119 Å².